The molecule has 4 aliphatic rings. The van der Waals surface area contributed by atoms with Crippen LogP contribution in [0.4, 0.5) is 11.4 Å². The van der Waals surface area contributed by atoms with Crippen LogP contribution in [0.5, 0.6) is 11.5 Å². The Morgan fingerprint density at radius 2 is 1.86 bits per heavy atom. The Labute approximate surface area is 170 Å². The van der Waals surface area contributed by atoms with Crippen LogP contribution in [0, 0.1) is 27.9 Å². The maximum absolute atomic E-state index is 11.3. The van der Waals surface area contributed by atoms with Crippen LogP contribution >= 0.6 is 15.9 Å². The molecule has 2 heterocycles. The Bertz CT molecular complexity index is 1010. The van der Waals surface area contributed by atoms with Crippen molar-refractivity contribution in [3.05, 3.63) is 56.0 Å². The van der Waals surface area contributed by atoms with Gasteiger partial charge >= 0.3 is 0 Å². The number of nitrogens with zero attached hydrogens (tertiary/aromatic N) is 1. The summed E-state index contributed by atoms with van der Waals surface area (Å²) in [5.41, 5.74) is 3.51. The predicted molar refractivity (Wildman–Crippen MR) is 107 cm³/mol. The van der Waals surface area contributed by atoms with Crippen LogP contribution in [0.3, 0.4) is 0 Å². The van der Waals surface area contributed by atoms with Crippen LogP contribution in [0.1, 0.15) is 42.3 Å². The van der Waals surface area contributed by atoms with Crippen LogP contribution < -0.4 is 14.8 Å². The number of nitro groups is 1. The highest BCUT2D eigenvalue weighted by Gasteiger charge is 2.54. The summed E-state index contributed by atoms with van der Waals surface area (Å²) in [6.45, 7) is 0.257. The lowest BCUT2D eigenvalue weighted by atomic mass is 9.68. The zero-order valence-corrected chi connectivity index (χ0v) is 16.6. The lowest BCUT2D eigenvalue weighted by Gasteiger charge is -2.43. The van der Waals surface area contributed by atoms with Gasteiger partial charge in [0.15, 0.2) is 11.5 Å². The molecule has 0 saturated heterocycles. The summed E-state index contributed by atoms with van der Waals surface area (Å²) in [6, 6.07) is 9.51. The molecule has 2 aromatic rings. The number of hydrogen-bond acceptors (Lipinski definition) is 5. The van der Waals surface area contributed by atoms with E-state index < -0.39 is 0 Å². The molecule has 2 aliphatic heterocycles. The van der Waals surface area contributed by atoms with Gasteiger partial charge in [0, 0.05) is 22.3 Å². The second-order valence-corrected chi connectivity index (χ2v) is 9.17. The zero-order valence-electron chi connectivity index (χ0n) is 15.1. The molecule has 2 aromatic carbocycles. The first-order valence-corrected chi connectivity index (χ1v) is 10.5. The number of hydrogen-bond donors (Lipinski definition) is 1. The van der Waals surface area contributed by atoms with E-state index in [9.17, 15) is 10.1 Å². The van der Waals surface area contributed by atoms with Gasteiger partial charge in [-0.05, 0) is 72.3 Å². The van der Waals surface area contributed by atoms with Gasteiger partial charge in [-0.3, -0.25) is 10.1 Å². The highest BCUT2D eigenvalue weighted by atomic mass is 79.9. The molecule has 0 amide bonds. The standard InChI is InChI=1S/C21H19BrN2O4/c22-15-8-18-17(27-9-28-18)7-13(15)21-20-11-2-1-10(5-11)19(20)14-6-12(24(25)26)3-4-16(14)23-21/h3-4,6-8,10-11,19-21,23H,1-2,5,9H2/t10-,11-,19-,20+,21-/m0/s1. The van der Waals surface area contributed by atoms with Gasteiger partial charge < -0.3 is 14.8 Å². The van der Waals surface area contributed by atoms with E-state index in [1.54, 1.807) is 12.1 Å². The molecule has 6 nitrogen and oxygen atoms in total. The Kier molecular flexibility index (Phi) is 3.49. The van der Waals surface area contributed by atoms with E-state index >= 15 is 0 Å². The Morgan fingerprint density at radius 3 is 2.68 bits per heavy atom. The van der Waals surface area contributed by atoms with E-state index in [0.29, 0.717) is 23.7 Å². The number of halogens is 1. The summed E-state index contributed by atoms with van der Waals surface area (Å²) in [5.74, 6) is 3.63. The Hall–Kier alpha value is -2.28. The van der Waals surface area contributed by atoms with E-state index in [0.717, 1.165) is 27.2 Å². The van der Waals surface area contributed by atoms with Crippen molar-refractivity contribution < 1.29 is 14.4 Å². The maximum Gasteiger partial charge on any atom is 0.269 e. The molecule has 28 heavy (non-hydrogen) atoms. The smallest absolute Gasteiger partial charge is 0.269 e. The van der Waals surface area contributed by atoms with Crippen molar-refractivity contribution in [2.24, 2.45) is 17.8 Å². The van der Waals surface area contributed by atoms with Crippen molar-refractivity contribution in [2.75, 3.05) is 12.1 Å². The van der Waals surface area contributed by atoms with E-state index in [2.05, 4.69) is 27.3 Å². The molecule has 2 aliphatic carbocycles. The molecular formula is C21H19BrN2O4. The highest BCUT2D eigenvalue weighted by molar-refractivity contribution is 9.10. The first-order valence-electron chi connectivity index (χ1n) is 9.74. The third-order valence-electron chi connectivity index (χ3n) is 7.11. The number of anilines is 1. The van der Waals surface area contributed by atoms with Crippen molar-refractivity contribution in [3.63, 3.8) is 0 Å². The first kappa shape index (κ1) is 16.7. The van der Waals surface area contributed by atoms with Crippen LogP contribution in [0.2, 0.25) is 0 Å². The van der Waals surface area contributed by atoms with E-state index in [1.807, 2.05) is 12.1 Å². The second-order valence-electron chi connectivity index (χ2n) is 8.31. The highest BCUT2D eigenvalue weighted by Crippen LogP contribution is 2.64. The van der Waals surface area contributed by atoms with Gasteiger partial charge in [-0.25, -0.2) is 0 Å². The summed E-state index contributed by atoms with van der Waals surface area (Å²) < 4.78 is 12.2. The van der Waals surface area contributed by atoms with Gasteiger partial charge in [-0.1, -0.05) is 15.9 Å². The summed E-state index contributed by atoms with van der Waals surface area (Å²) in [7, 11) is 0. The summed E-state index contributed by atoms with van der Waals surface area (Å²) in [4.78, 5) is 11.0. The molecule has 0 spiro atoms. The largest absolute Gasteiger partial charge is 0.454 e. The molecule has 1 N–H and O–H groups in total. The monoisotopic (exact) mass is 442 g/mol. The predicted octanol–water partition coefficient (Wildman–Crippen LogP) is 5.38. The van der Waals surface area contributed by atoms with Gasteiger partial charge in [0.05, 0.1) is 11.0 Å². The molecule has 0 radical (unpaired) electrons. The van der Waals surface area contributed by atoms with Crippen molar-refractivity contribution in [3.8, 4) is 11.5 Å². The second kappa shape index (κ2) is 5.86. The van der Waals surface area contributed by atoms with Gasteiger partial charge in [0.25, 0.3) is 5.69 Å². The van der Waals surface area contributed by atoms with E-state index in [1.165, 1.54) is 24.8 Å². The van der Waals surface area contributed by atoms with Crippen molar-refractivity contribution in [2.45, 2.75) is 31.2 Å². The quantitative estimate of drug-likeness (QED) is 0.498. The van der Waals surface area contributed by atoms with Crippen LogP contribution in [0.15, 0.2) is 34.8 Å². The van der Waals surface area contributed by atoms with Gasteiger partial charge in [-0.15, -0.1) is 0 Å². The number of non-ortho nitro benzene ring substituents is 1. The average Bonchev–Trinajstić information content (AvgIpc) is 3.42. The molecule has 2 fully saturated rings. The molecule has 7 heteroatoms. The fourth-order valence-electron chi connectivity index (χ4n) is 6.07. The molecule has 0 aromatic heterocycles. The lowest BCUT2D eigenvalue weighted by Crippen LogP contribution is -2.35. The molecule has 144 valence electrons. The SMILES string of the molecule is O=[N+]([O-])c1ccc2c(c1)[C@@H]1[C@H]3CC[C@@H](C3)[C@H]1[C@H](c1cc3c(cc1Br)OCO3)N2. The van der Waals surface area contributed by atoms with Gasteiger partial charge in [0.2, 0.25) is 6.79 Å². The first-order chi connectivity index (χ1) is 13.6. The normalized spacial score (nSPS) is 31.2. The minimum absolute atomic E-state index is 0.151. The minimum atomic E-state index is -0.289. The zero-order chi connectivity index (χ0) is 19.0. The lowest BCUT2D eigenvalue weighted by molar-refractivity contribution is -0.384. The topological polar surface area (TPSA) is 73.6 Å². The summed E-state index contributed by atoms with van der Waals surface area (Å²) in [5, 5.41) is 15.0. The molecule has 5 atom stereocenters. The van der Waals surface area contributed by atoms with Gasteiger partial charge in [0.1, 0.15) is 0 Å². The fraction of sp³-hybridized carbons (Fsp3) is 0.429. The number of fused-ring (bicyclic) bond motifs is 8. The Morgan fingerprint density at radius 1 is 1.07 bits per heavy atom. The van der Waals surface area contributed by atoms with Crippen LogP contribution in [-0.2, 0) is 0 Å². The number of nitro benzene ring substituents is 1. The third-order valence-corrected chi connectivity index (χ3v) is 7.80. The average molecular weight is 443 g/mol. The molecule has 6 rings (SSSR count). The molecule has 0 unspecified atom stereocenters. The number of ether oxygens (including phenoxy) is 2. The minimum Gasteiger partial charge on any atom is -0.454 e. The number of benzene rings is 2. The van der Waals surface area contributed by atoms with Gasteiger partial charge in [-0.2, -0.15) is 0 Å². The van der Waals surface area contributed by atoms with Crippen molar-refractivity contribution in [1.82, 2.24) is 0 Å². The molecule has 2 saturated carbocycles. The Balaban J connectivity index is 1.49. The summed E-state index contributed by atoms with van der Waals surface area (Å²) in [6.07, 6.45) is 3.69. The number of nitrogens with one attached hydrogen (secondary N) is 1. The van der Waals surface area contributed by atoms with Crippen molar-refractivity contribution in [1.29, 1.82) is 0 Å². The van der Waals surface area contributed by atoms with E-state index in [-0.39, 0.29) is 23.4 Å². The van der Waals surface area contributed by atoms with E-state index in [4.69, 9.17) is 9.47 Å². The molecular weight excluding hydrogens is 424 g/mol. The maximum atomic E-state index is 11.3. The number of rotatable bonds is 2. The third kappa shape index (κ3) is 2.25. The molecule has 2 bridgehead atoms. The van der Waals surface area contributed by atoms with Crippen LogP contribution in [-0.4, -0.2) is 11.7 Å². The van der Waals surface area contributed by atoms with Crippen LogP contribution in [0.25, 0.3) is 0 Å². The fourth-order valence-corrected chi connectivity index (χ4v) is 6.64. The van der Waals surface area contributed by atoms with Crippen molar-refractivity contribution >= 4 is 27.3 Å². The summed E-state index contributed by atoms with van der Waals surface area (Å²) >= 11 is 3.74.